The molecule has 0 fully saturated rings. The number of rotatable bonds is 2. The van der Waals surface area contributed by atoms with E-state index in [0.717, 1.165) is 11.3 Å². The first-order chi connectivity index (χ1) is 7.45. The number of H-pyrrole nitrogens is 1. The summed E-state index contributed by atoms with van der Waals surface area (Å²) in [7, 11) is 1.72. The van der Waals surface area contributed by atoms with Crippen molar-refractivity contribution >= 4 is 33.0 Å². The minimum atomic E-state index is -2.15. The third-order valence-corrected chi connectivity index (χ3v) is 7.96. The molecule has 0 radical (unpaired) electrons. The molecule has 1 aromatic carbocycles. The molecule has 1 heterocycles. The Morgan fingerprint density at radius 3 is 2.50 bits per heavy atom. The zero-order valence-electron chi connectivity index (χ0n) is 10.5. The molecule has 0 bridgehead atoms. The Balaban J connectivity index is 2.79. The van der Waals surface area contributed by atoms with Gasteiger partial charge in [0, 0.05) is 0 Å². The summed E-state index contributed by atoms with van der Waals surface area (Å²) in [5.41, 5.74) is 2.33. The molecule has 0 atom stereocenters. The number of benzene rings is 1. The summed E-state index contributed by atoms with van der Waals surface area (Å²) in [5, 5.41) is 8.93. The average Bonchev–Trinajstić information content (AvgIpc) is 2.62. The van der Waals surface area contributed by atoms with Gasteiger partial charge >= 0.3 is 100 Å². The van der Waals surface area contributed by atoms with E-state index in [1.807, 2.05) is 6.07 Å². The van der Waals surface area contributed by atoms with Crippen LogP contribution in [0.3, 0.4) is 0 Å². The molecular weight excluding hydrogens is 307 g/mol. The van der Waals surface area contributed by atoms with Crippen molar-refractivity contribution < 1.29 is 4.74 Å². The molecule has 0 aliphatic rings. The minimum absolute atomic E-state index is 0.950. The third kappa shape index (κ3) is 1.81. The van der Waals surface area contributed by atoms with Crippen molar-refractivity contribution in [1.29, 1.82) is 0 Å². The molecular formula is C12H18N2OSn. The van der Waals surface area contributed by atoms with Crippen LogP contribution in [0, 0.1) is 6.92 Å². The maximum absolute atomic E-state index is 5.37. The van der Waals surface area contributed by atoms with Gasteiger partial charge < -0.3 is 0 Å². The summed E-state index contributed by atoms with van der Waals surface area (Å²) in [5.74, 6) is 0.950. The van der Waals surface area contributed by atoms with Gasteiger partial charge in [-0.3, -0.25) is 0 Å². The van der Waals surface area contributed by atoms with E-state index in [1.165, 1.54) is 14.7 Å². The molecule has 0 amide bonds. The second kappa shape index (κ2) is 3.95. The molecule has 3 nitrogen and oxygen atoms in total. The average molecular weight is 325 g/mol. The zero-order chi connectivity index (χ0) is 11.9. The Bertz CT molecular complexity index is 526. The van der Waals surface area contributed by atoms with Crippen molar-refractivity contribution in [1.82, 2.24) is 10.2 Å². The summed E-state index contributed by atoms with van der Waals surface area (Å²) in [4.78, 5) is 7.13. The molecule has 0 saturated carbocycles. The van der Waals surface area contributed by atoms with Crippen LogP contribution in [0.4, 0.5) is 0 Å². The predicted molar refractivity (Wildman–Crippen MR) is 70.4 cm³/mol. The Hall–Kier alpha value is -0.711. The van der Waals surface area contributed by atoms with Crippen molar-refractivity contribution in [3.8, 4) is 5.75 Å². The van der Waals surface area contributed by atoms with Crippen LogP contribution in [0.5, 0.6) is 5.75 Å². The van der Waals surface area contributed by atoms with Gasteiger partial charge in [-0.2, -0.15) is 0 Å². The van der Waals surface area contributed by atoms with Crippen molar-refractivity contribution in [2.24, 2.45) is 0 Å². The number of nitrogens with one attached hydrogen (secondary N) is 1. The normalized spacial score (nSPS) is 12.1. The molecule has 0 spiro atoms. The number of aromatic nitrogens is 2. The molecule has 86 valence electrons. The van der Waals surface area contributed by atoms with Crippen LogP contribution in [0.15, 0.2) is 12.1 Å². The van der Waals surface area contributed by atoms with Crippen LogP contribution in [0.1, 0.15) is 5.56 Å². The van der Waals surface area contributed by atoms with Gasteiger partial charge in [0.2, 0.25) is 0 Å². The fraction of sp³-hybridized carbons (Fsp3) is 0.417. The van der Waals surface area contributed by atoms with E-state index in [4.69, 9.17) is 4.74 Å². The zero-order valence-corrected chi connectivity index (χ0v) is 13.4. The topological polar surface area (TPSA) is 37.9 Å². The van der Waals surface area contributed by atoms with Gasteiger partial charge in [0.05, 0.1) is 0 Å². The van der Waals surface area contributed by atoms with E-state index in [2.05, 4.69) is 38.0 Å². The summed E-state index contributed by atoms with van der Waals surface area (Å²) in [6.45, 7) is 2.11. The quantitative estimate of drug-likeness (QED) is 0.862. The SMILES string of the molecule is COc1ccc2[nH]n[c]([Sn]([CH3])([CH3])[CH3])c2c1C. The Kier molecular flexibility index (Phi) is 2.90. The number of ether oxygens (including phenoxy) is 1. The van der Waals surface area contributed by atoms with Crippen LogP contribution in [-0.2, 0) is 0 Å². The Morgan fingerprint density at radius 2 is 1.94 bits per heavy atom. The van der Waals surface area contributed by atoms with Gasteiger partial charge in [-0.1, -0.05) is 0 Å². The number of hydrogen-bond donors (Lipinski definition) is 1. The van der Waals surface area contributed by atoms with Crippen LogP contribution >= 0.6 is 0 Å². The molecule has 4 heteroatoms. The van der Waals surface area contributed by atoms with Crippen molar-refractivity contribution in [3.63, 3.8) is 0 Å². The first kappa shape index (κ1) is 11.8. The summed E-state index contributed by atoms with van der Waals surface area (Å²) in [6, 6.07) is 4.05. The fourth-order valence-corrected chi connectivity index (χ4v) is 6.20. The maximum atomic E-state index is 5.37. The van der Waals surface area contributed by atoms with E-state index in [1.54, 1.807) is 7.11 Å². The number of nitrogens with zero attached hydrogens (tertiary/aromatic N) is 1. The molecule has 0 saturated heterocycles. The molecule has 16 heavy (non-hydrogen) atoms. The van der Waals surface area contributed by atoms with Crippen molar-refractivity contribution in [2.75, 3.05) is 7.11 Å². The first-order valence-electron chi connectivity index (χ1n) is 5.47. The number of aryl methyl sites for hydroxylation is 1. The number of fused-ring (bicyclic) bond motifs is 1. The number of aromatic amines is 1. The van der Waals surface area contributed by atoms with E-state index in [-0.39, 0.29) is 0 Å². The second-order valence-corrected chi connectivity index (χ2v) is 19.3. The van der Waals surface area contributed by atoms with E-state index in [0.29, 0.717) is 0 Å². The predicted octanol–water partition coefficient (Wildman–Crippen LogP) is 2.43. The van der Waals surface area contributed by atoms with Gasteiger partial charge in [-0.05, 0) is 0 Å². The van der Waals surface area contributed by atoms with Crippen molar-refractivity contribution in [3.05, 3.63) is 17.7 Å². The Labute approximate surface area is 100 Å². The molecule has 2 aromatic rings. The fourth-order valence-electron chi connectivity index (χ4n) is 2.03. The molecule has 0 unspecified atom stereocenters. The van der Waals surface area contributed by atoms with Gasteiger partial charge in [0.1, 0.15) is 0 Å². The molecule has 1 aromatic heterocycles. The monoisotopic (exact) mass is 326 g/mol. The Morgan fingerprint density at radius 1 is 1.25 bits per heavy atom. The van der Waals surface area contributed by atoms with Crippen molar-refractivity contribution in [2.45, 2.75) is 21.7 Å². The van der Waals surface area contributed by atoms with Crippen LogP contribution in [-0.4, -0.2) is 35.7 Å². The molecule has 2 rings (SSSR count). The summed E-state index contributed by atoms with van der Waals surface area (Å²) in [6.07, 6.45) is 0. The molecule has 0 aliphatic heterocycles. The van der Waals surface area contributed by atoms with E-state index < -0.39 is 18.4 Å². The molecule has 0 aliphatic carbocycles. The standard InChI is InChI=1S/C9H9N2O.3CH3.Sn/c1-6-7-5-10-11-8(7)3-4-9(6)12-2;;;;/h3-4H,1-2H3,(H,10,11);3*1H3;. The summed E-state index contributed by atoms with van der Waals surface area (Å²) >= 11 is -2.15. The van der Waals surface area contributed by atoms with E-state index >= 15 is 0 Å². The third-order valence-electron chi connectivity index (χ3n) is 2.87. The van der Waals surface area contributed by atoms with Gasteiger partial charge in [-0.25, -0.2) is 0 Å². The number of hydrogen-bond acceptors (Lipinski definition) is 2. The van der Waals surface area contributed by atoms with Gasteiger partial charge in [-0.15, -0.1) is 0 Å². The van der Waals surface area contributed by atoms with Crippen LogP contribution < -0.4 is 8.45 Å². The first-order valence-corrected chi connectivity index (χ1v) is 15.5. The van der Waals surface area contributed by atoms with Crippen LogP contribution in [0.25, 0.3) is 10.9 Å². The van der Waals surface area contributed by atoms with Gasteiger partial charge in [0.15, 0.2) is 0 Å². The number of methoxy groups -OCH3 is 1. The van der Waals surface area contributed by atoms with E-state index in [9.17, 15) is 0 Å². The second-order valence-electron chi connectivity index (χ2n) is 5.14. The summed E-state index contributed by atoms with van der Waals surface area (Å²) < 4.78 is 6.68. The van der Waals surface area contributed by atoms with Gasteiger partial charge in [0.25, 0.3) is 0 Å². The molecule has 1 N–H and O–H groups in total. The van der Waals surface area contributed by atoms with Crippen LogP contribution in [0.2, 0.25) is 14.8 Å².